The molecule has 1 heterocycles. The van der Waals surface area contributed by atoms with Gasteiger partial charge in [-0.2, -0.15) is 0 Å². The van der Waals surface area contributed by atoms with Crippen molar-refractivity contribution in [3.05, 3.63) is 29.8 Å². The molecule has 1 aliphatic heterocycles. The summed E-state index contributed by atoms with van der Waals surface area (Å²) >= 11 is 0. The first kappa shape index (κ1) is 18.8. The lowest BCUT2D eigenvalue weighted by Crippen LogP contribution is -2.55. The number of carbonyl (C=O) groups is 2. The van der Waals surface area contributed by atoms with Gasteiger partial charge in [-0.1, -0.05) is 32.0 Å². The largest absolute Gasteiger partial charge is 0.425 e. The van der Waals surface area contributed by atoms with Crippen LogP contribution in [0.5, 0.6) is 5.75 Å². The van der Waals surface area contributed by atoms with E-state index < -0.39 is 30.4 Å². The molecule has 0 spiro atoms. The zero-order valence-corrected chi connectivity index (χ0v) is 15.3. The number of carbonyl (C=O) groups excluding carboxylic acids is 2. The van der Waals surface area contributed by atoms with Gasteiger partial charge in [0.15, 0.2) is 5.78 Å². The minimum absolute atomic E-state index is 0.0549. The third-order valence-electron chi connectivity index (χ3n) is 3.96. The highest BCUT2D eigenvalue weighted by Gasteiger charge is 2.65. The number of para-hydroxylation sites is 1. The Labute approximate surface area is 142 Å². The molecule has 132 valence electrons. The first-order valence-electron chi connectivity index (χ1n) is 8.06. The third-order valence-corrected chi connectivity index (χ3v) is 6.65. The van der Waals surface area contributed by atoms with Crippen LogP contribution in [0.25, 0.3) is 0 Å². The standard InChI is InChI=1S/C17H23O6P/c1-5-21-24(20,22-6-2)17(15(18)12(3)4)11-13-9-7-8-10-14(13)23-16(17)19/h7-10,12H,5-6,11H2,1-4H3. The summed E-state index contributed by atoms with van der Waals surface area (Å²) in [4.78, 5) is 25.8. The summed E-state index contributed by atoms with van der Waals surface area (Å²) in [5.74, 6) is -1.52. The topological polar surface area (TPSA) is 78.9 Å². The fourth-order valence-corrected chi connectivity index (χ4v) is 5.24. The van der Waals surface area contributed by atoms with Gasteiger partial charge in [-0.05, 0) is 25.5 Å². The molecule has 1 aliphatic rings. The molecule has 1 unspecified atom stereocenters. The van der Waals surface area contributed by atoms with Crippen molar-refractivity contribution in [2.75, 3.05) is 13.2 Å². The van der Waals surface area contributed by atoms with Crippen molar-refractivity contribution in [3.8, 4) is 5.75 Å². The van der Waals surface area contributed by atoms with Crippen LogP contribution in [0.1, 0.15) is 33.3 Å². The van der Waals surface area contributed by atoms with Crippen molar-refractivity contribution in [1.29, 1.82) is 0 Å². The van der Waals surface area contributed by atoms with Crippen LogP contribution < -0.4 is 4.74 Å². The molecule has 0 saturated carbocycles. The molecule has 6 nitrogen and oxygen atoms in total. The highest BCUT2D eigenvalue weighted by Crippen LogP contribution is 2.64. The maximum Gasteiger partial charge on any atom is 0.355 e. The molecule has 1 aromatic carbocycles. The molecule has 0 radical (unpaired) electrons. The van der Waals surface area contributed by atoms with Crippen LogP contribution in [0.15, 0.2) is 24.3 Å². The van der Waals surface area contributed by atoms with Gasteiger partial charge in [0, 0.05) is 12.3 Å². The third kappa shape index (κ3) is 2.94. The first-order valence-corrected chi connectivity index (χ1v) is 9.60. The van der Waals surface area contributed by atoms with E-state index in [1.807, 2.05) is 0 Å². The number of rotatable bonds is 7. The fraction of sp³-hybridized carbons (Fsp3) is 0.529. The summed E-state index contributed by atoms with van der Waals surface area (Å²) in [6, 6.07) is 6.89. The Morgan fingerprint density at radius 1 is 1.25 bits per heavy atom. The second-order valence-electron chi connectivity index (χ2n) is 5.89. The number of fused-ring (bicyclic) bond motifs is 1. The van der Waals surface area contributed by atoms with E-state index in [1.54, 1.807) is 52.0 Å². The Morgan fingerprint density at radius 3 is 2.38 bits per heavy atom. The van der Waals surface area contributed by atoms with Crippen LogP contribution in [0.2, 0.25) is 0 Å². The molecular weight excluding hydrogens is 331 g/mol. The van der Waals surface area contributed by atoms with Crippen molar-refractivity contribution in [2.24, 2.45) is 5.92 Å². The summed E-state index contributed by atoms with van der Waals surface area (Å²) in [5, 5.41) is -1.97. The highest BCUT2D eigenvalue weighted by atomic mass is 31.2. The predicted molar refractivity (Wildman–Crippen MR) is 89.2 cm³/mol. The van der Waals surface area contributed by atoms with Gasteiger partial charge in [0.05, 0.1) is 13.2 Å². The lowest BCUT2D eigenvalue weighted by molar-refractivity contribution is -0.145. The monoisotopic (exact) mass is 354 g/mol. The van der Waals surface area contributed by atoms with Crippen LogP contribution in [-0.2, 0) is 29.6 Å². The normalized spacial score (nSPS) is 20.6. The van der Waals surface area contributed by atoms with Gasteiger partial charge in [-0.25, -0.2) is 4.79 Å². The van der Waals surface area contributed by atoms with Gasteiger partial charge in [0.25, 0.3) is 0 Å². The summed E-state index contributed by atoms with van der Waals surface area (Å²) in [6.45, 7) is 6.70. The number of hydrogen-bond acceptors (Lipinski definition) is 6. The second kappa shape index (κ2) is 7.18. The highest BCUT2D eigenvalue weighted by molar-refractivity contribution is 7.58. The molecule has 0 aromatic heterocycles. The number of benzene rings is 1. The zero-order valence-electron chi connectivity index (χ0n) is 14.4. The maximum atomic E-state index is 13.5. The molecule has 1 aromatic rings. The number of hydrogen-bond donors (Lipinski definition) is 0. The Hall–Kier alpha value is -1.49. The van der Waals surface area contributed by atoms with Gasteiger partial charge >= 0.3 is 13.6 Å². The van der Waals surface area contributed by atoms with E-state index in [1.165, 1.54) is 0 Å². The summed E-state index contributed by atoms with van der Waals surface area (Å²) < 4.78 is 29.6. The molecule has 1 atom stereocenters. The zero-order chi connectivity index (χ0) is 18.0. The molecule has 0 N–H and O–H groups in total. The van der Waals surface area contributed by atoms with E-state index in [4.69, 9.17) is 13.8 Å². The van der Waals surface area contributed by atoms with Crippen LogP contribution in [0.4, 0.5) is 0 Å². The molecule has 24 heavy (non-hydrogen) atoms. The number of ether oxygens (including phenoxy) is 1. The van der Waals surface area contributed by atoms with Gasteiger partial charge in [0.1, 0.15) is 5.75 Å². The van der Waals surface area contributed by atoms with Crippen LogP contribution in [-0.4, -0.2) is 30.1 Å². The number of Topliss-reactive ketones (excluding diaryl/α,β-unsaturated/α-hetero) is 1. The summed E-state index contributed by atoms with van der Waals surface area (Å²) in [7, 11) is -4.07. The van der Waals surface area contributed by atoms with Crippen molar-refractivity contribution in [3.63, 3.8) is 0 Å². The Bertz CT molecular complexity index is 673. The van der Waals surface area contributed by atoms with Crippen molar-refractivity contribution in [1.82, 2.24) is 0 Å². The molecule has 0 aliphatic carbocycles. The van der Waals surface area contributed by atoms with E-state index in [9.17, 15) is 14.2 Å². The van der Waals surface area contributed by atoms with E-state index >= 15 is 0 Å². The number of esters is 1. The lowest BCUT2D eigenvalue weighted by atomic mass is 9.86. The smallest absolute Gasteiger partial charge is 0.355 e. The predicted octanol–water partition coefficient (Wildman–Crippen LogP) is 3.38. The molecule has 0 saturated heterocycles. The summed E-state index contributed by atoms with van der Waals surface area (Å²) in [5.41, 5.74) is 0.630. The van der Waals surface area contributed by atoms with Crippen molar-refractivity contribution < 1.29 is 27.9 Å². The average molecular weight is 354 g/mol. The minimum Gasteiger partial charge on any atom is -0.425 e. The first-order chi connectivity index (χ1) is 11.3. The Morgan fingerprint density at radius 2 is 1.83 bits per heavy atom. The van der Waals surface area contributed by atoms with E-state index in [2.05, 4.69) is 0 Å². The molecule has 2 rings (SSSR count). The molecule has 7 heteroatoms. The molecule has 0 bridgehead atoms. The average Bonchev–Trinajstić information content (AvgIpc) is 2.53. The van der Waals surface area contributed by atoms with Gasteiger partial charge in [-0.3, -0.25) is 9.36 Å². The van der Waals surface area contributed by atoms with Crippen LogP contribution in [0.3, 0.4) is 0 Å². The molecule has 0 amide bonds. The second-order valence-corrected chi connectivity index (χ2v) is 8.16. The molecule has 0 fully saturated rings. The van der Waals surface area contributed by atoms with Crippen LogP contribution >= 0.6 is 7.60 Å². The van der Waals surface area contributed by atoms with Crippen molar-refractivity contribution >= 4 is 19.3 Å². The van der Waals surface area contributed by atoms with Gasteiger partial charge in [0.2, 0.25) is 5.16 Å². The van der Waals surface area contributed by atoms with E-state index in [0.717, 1.165) is 0 Å². The van der Waals surface area contributed by atoms with Gasteiger partial charge in [-0.15, -0.1) is 0 Å². The Kier molecular flexibility index (Phi) is 5.63. The summed E-state index contributed by atoms with van der Waals surface area (Å²) in [6.07, 6.45) is -0.0592. The maximum absolute atomic E-state index is 13.5. The van der Waals surface area contributed by atoms with Crippen molar-refractivity contribution in [2.45, 2.75) is 39.3 Å². The lowest BCUT2D eigenvalue weighted by Gasteiger charge is -2.39. The van der Waals surface area contributed by atoms with Gasteiger partial charge < -0.3 is 13.8 Å². The number of ketones is 1. The minimum atomic E-state index is -4.07. The SMILES string of the molecule is CCOP(=O)(OCC)C1(C(=O)C(C)C)Cc2ccccc2OC1=O. The Balaban J connectivity index is 2.67. The van der Waals surface area contributed by atoms with Crippen LogP contribution in [0, 0.1) is 5.92 Å². The van der Waals surface area contributed by atoms with E-state index in [-0.39, 0.29) is 19.6 Å². The fourth-order valence-electron chi connectivity index (χ4n) is 2.89. The van der Waals surface area contributed by atoms with E-state index in [0.29, 0.717) is 11.3 Å². The molecular formula is C17H23O6P. The quantitative estimate of drug-likeness (QED) is 0.323.